The van der Waals surface area contributed by atoms with Crippen LogP contribution in [0.25, 0.3) is 0 Å². The second-order valence-electron chi connectivity index (χ2n) is 5.00. The highest BCUT2D eigenvalue weighted by atomic mass is 32.1. The number of thiophene rings is 1. The fourth-order valence-corrected chi connectivity index (χ4v) is 2.58. The molecule has 1 atom stereocenters. The van der Waals surface area contributed by atoms with Crippen LogP contribution >= 0.6 is 11.3 Å². The van der Waals surface area contributed by atoms with E-state index in [0.29, 0.717) is 4.88 Å². The van der Waals surface area contributed by atoms with E-state index < -0.39 is 23.8 Å². The predicted molar refractivity (Wildman–Crippen MR) is 88.5 cm³/mol. The van der Waals surface area contributed by atoms with Crippen molar-refractivity contribution in [2.45, 2.75) is 25.9 Å². The van der Waals surface area contributed by atoms with Gasteiger partial charge in [-0.2, -0.15) is 0 Å². The van der Waals surface area contributed by atoms with E-state index in [2.05, 4.69) is 5.32 Å². The van der Waals surface area contributed by atoms with Gasteiger partial charge in [-0.3, -0.25) is 14.4 Å². The maximum absolute atomic E-state index is 13.5. The predicted octanol–water partition coefficient (Wildman–Crippen LogP) is 3.42. The molecule has 2 aromatic rings. The lowest BCUT2D eigenvalue weighted by Gasteiger charge is -2.13. The number of benzene rings is 1. The van der Waals surface area contributed by atoms with Crippen LogP contribution in [0, 0.1) is 5.82 Å². The number of hydrogen-bond donors (Lipinski definition) is 1. The van der Waals surface area contributed by atoms with Crippen LogP contribution in [0.5, 0.6) is 0 Å². The number of carbonyl (C=O) groups is 3. The molecule has 0 fully saturated rings. The monoisotopic (exact) mass is 349 g/mol. The van der Waals surface area contributed by atoms with Crippen molar-refractivity contribution in [2.24, 2.45) is 0 Å². The SMILES string of the molecule is C[C@@H](OC(=O)CCC(=O)c1cccs1)C(=O)Nc1ccccc1F. The van der Waals surface area contributed by atoms with Crippen molar-refractivity contribution in [1.82, 2.24) is 0 Å². The van der Waals surface area contributed by atoms with Gasteiger partial charge in [0.15, 0.2) is 11.9 Å². The number of ether oxygens (including phenoxy) is 1. The first kappa shape index (κ1) is 17.8. The van der Waals surface area contributed by atoms with E-state index in [9.17, 15) is 18.8 Å². The Hall–Kier alpha value is -2.54. The molecule has 7 heteroatoms. The number of Topliss-reactive ketones (excluding diaryl/α,β-unsaturated/α-hetero) is 1. The van der Waals surface area contributed by atoms with E-state index in [1.165, 1.54) is 36.5 Å². The molecule has 0 bridgehead atoms. The summed E-state index contributed by atoms with van der Waals surface area (Å²) in [4.78, 5) is 36.0. The van der Waals surface area contributed by atoms with Crippen molar-refractivity contribution < 1.29 is 23.5 Å². The van der Waals surface area contributed by atoms with Gasteiger partial charge in [0.2, 0.25) is 0 Å². The maximum atomic E-state index is 13.5. The molecule has 0 unspecified atom stereocenters. The third-order valence-corrected chi connectivity index (χ3v) is 4.07. The fraction of sp³-hybridized carbons (Fsp3) is 0.235. The first-order valence-electron chi connectivity index (χ1n) is 7.29. The van der Waals surface area contributed by atoms with Gasteiger partial charge in [0, 0.05) is 6.42 Å². The van der Waals surface area contributed by atoms with Crippen molar-refractivity contribution in [3.63, 3.8) is 0 Å². The maximum Gasteiger partial charge on any atom is 0.307 e. The number of hydrogen-bond acceptors (Lipinski definition) is 5. The Morgan fingerprint density at radius 1 is 1.17 bits per heavy atom. The summed E-state index contributed by atoms with van der Waals surface area (Å²) in [5, 5.41) is 4.12. The first-order valence-corrected chi connectivity index (χ1v) is 8.17. The van der Waals surface area contributed by atoms with Crippen LogP contribution < -0.4 is 5.32 Å². The highest BCUT2D eigenvalue weighted by Crippen LogP contribution is 2.14. The summed E-state index contributed by atoms with van der Waals surface area (Å²) in [6.45, 7) is 1.38. The van der Waals surface area contributed by atoms with Crippen LogP contribution in [0.2, 0.25) is 0 Å². The molecule has 126 valence electrons. The molecule has 0 aliphatic carbocycles. The van der Waals surface area contributed by atoms with Crippen molar-refractivity contribution in [3.05, 3.63) is 52.5 Å². The average molecular weight is 349 g/mol. The number of carbonyl (C=O) groups excluding carboxylic acids is 3. The normalized spacial score (nSPS) is 11.6. The van der Waals surface area contributed by atoms with Gasteiger partial charge < -0.3 is 10.1 Å². The second kappa shape index (κ2) is 8.35. The number of ketones is 1. The molecule has 0 aliphatic heterocycles. The molecule has 0 spiro atoms. The summed E-state index contributed by atoms with van der Waals surface area (Å²) in [6.07, 6.45) is -1.19. The minimum Gasteiger partial charge on any atom is -0.453 e. The Kier molecular flexibility index (Phi) is 6.20. The van der Waals surface area contributed by atoms with E-state index in [0.717, 1.165) is 0 Å². The van der Waals surface area contributed by atoms with Gasteiger partial charge in [0.25, 0.3) is 5.91 Å². The van der Waals surface area contributed by atoms with E-state index in [1.54, 1.807) is 23.6 Å². The number of rotatable bonds is 7. The van der Waals surface area contributed by atoms with Crippen LogP contribution in [0.3, 0.4) is 0 Å². The Bertz CT molecular complexity index is 730. The Balaban J connectivity index is 1.79. The minimum atomic E-state index is -1.09. The summed E-state index contributed by atoms with van der Waals surface area (Å²) < 4.78 is 18.4. The molecule has 1 amide bonds. The third kappa shape index (κ3) is 4.99. The smallest absolute Gasteiger partial charge is 0.307 e. The number of nitrogens with one attached hydrogen (secondary N) is 1. The summed E-state index contributed by atoms with van der Waals surface area (Å²) in [5.41, 5.74) is 0.0123. The van der Waals surface area contributed by atoms with Gasteiger partial charge in [0.1, 0.15) is 5.82 Å². The number of para-hydroxylation sites is 1. The second-order valence-corrected chi connectivity index (χ2v) is 5.95. The van der Waals surface area contributed by atoms with Crippen molar-refractivity contribution in [1.29, 1.82) is 0 Å². The molecule has 24 heavy (non-hydrogen) atoms. The van der Waals surface area contributed by atoms with Gasteiger partial charge in [-0.25, -0.2) is 4.39 Å². The molecule has 1 N–H and O–H groups in total. The minimum absolute atomic E-state index is 0.0123. The van der Waals surface area contributed by atoms with Crippen LogP contribution in [0.1, 0.15) is 29.4 Å². The quantitative estimate of drug-likeness (QED) is 0.614. The third-order valence-electron chi connectivity index (χ3n) is 3.16. The standard InChI is InChI=1S/C17H16FNO4S/c1-11(17(22)19-13-6-3-2-5-12(13)18)23-16(21)9-8-14(20)15-7-4-10-24-15/h2-7,10-11H,8-9H2,1H3,(H,19,22)/t11-/m1/s1. The number of halogens is 1. The van der Waals surface area contributed by atoms with E-state index in [-0.39, 0.29) is 24.3 Å². The molecule has 0 aliphatic rings. The highest BCUT2D eigenvalue weighted by molar-refractivity contribution is 7.12. The largest absolute Gasteiger partial charge is 0.453 e. The summed E-state index contributed by atoms with van der Waals surface area (Å²) >= 11 is 1.30. The van der Waals surface area contributed by atoms with Gasteiger partial charge in [-0.1, -0.05) is 18.2 Å². The highest BCUT2D eigenvalue weighted by Gasteiger charge is 2.19. The van der Waals surface area contributed by atoms with Gasteiger partial charge in [-0.15, -0.1) is 11.3 Å². The molecule has 2 rings (SSSR count). The van der Waals surface area contributed by atoms with Crippen LogP contribution in [-0.2, 0) is 14.3 Å². The zero-order valence-electron chi connectivity index (χ0n) is 13.0. The number of esters is 1. The molecule has 0 radical (unpaired) electrons. The van der Waals surface area contributed by atoms with Crippen LogP contribution in [0.4, 0.5) is 10.1 Å². The van der Waals surface area contributed by atoms with Crippen molar-refractivity contribution in [2.75, 3.05) is 5.32 Å². The summed E-state index contributed by atoms with van der Waals surface area (Å²) in [6, 6.07) is 9.13. The Morgan fingerprint density at radius 2 is 1.92 bits per heavy atom. The average Bonchev–Trinajstić information content (AvgIpc) is 3.09. The van der Waals surface area contributed by atoms with E-state index in [1.807, 2.05) is 0 Å². The Morgan fingerprint density at radius 3 is 2.58 bits per heavy atom. The van der Waals surface area contributed by atoms with E-state index >= 15 is 0 Å². The molecule has 1 aromatic carbocycles. The molecule has 1 aromatic heterocycles. The topological polar surface area (TPSA) is 72.5 Å². The van der Waals surface area contributed by atoms with Crippen molar-refractivity contribution in [3.8, 4) is 0 Å². The molecule has 0 saturated heterocycles. The zero-order chi connectivity index (χ0) is 17.5. The van der Waals surface area contributed by atoms with Crippen LogP contribution in [-0.4, -0.2) is 23.8 Å². The van der Waals surface area contributed by atoms with Crippen LogP contribution in [0.15, 0.2) is 41.8 Å². The summed E-state index contributed by atoms with van der Waals surface area (Å²) in [7, 11) is 0. The van der Waals surface area contributed by atoms with Gasteiger partial charge >= 0.3 is 5.97 Å². The molecular formula is C17H16FNO4S. The molecule has 5 nitrogen and oxygen atoms in total. The lowest BCUT2D eigenvalue weighted by Crippen LogP contribution is -2.30. The fourth-order valence-electron chi connectivity index (χ4n) is 1.88. The lowest BCUT2D eigenvalue weighted by molar-refractivity contribution is -0.153. The van der Waals surface area contributed by atoms with Crippen molar-refractivity contribution >= 4 is 34.7 Å². The number of amides is 1. The van der Waals surface area contributed by atoms with Gasteiger partial charge in [-0.05, 0) is 30.5 Å². The lowest BCUT2D eigenvalue weighted by atomic mass is 10.2. The van der Waals surface area contributed by atoms with E-state index in [4.69, 9.17) is 4.74 Å². The Labute approximate surface area is 142 Å². The molecular weight excluding hydrogens is 333 g/mol. The first-order chi connectivity index (χ1) is 11.5. The van der Waals surface area contributed by atoms with Gasteiger partial charge in [0.05, 0.1) is 17.0 Å². The summed E-state index contributed by atoms with van der Waals surface area (Å²) in [5.74, 6) is -2.02. The molecule has 0 saturated carbocycles. The molecule has 1 heterocycles. The number of anilines is 1. The zero-order valence-corrected chi connectivity index (χ0v) is 13.8.